The molecule has 5 nitrogen and oxygen atoms in total. The fraction of sp³-hybridized carbons (Fsp3) is 0.500. The Bertz CT molecular complexity index is 433. The zero-order valence-corrected chi connectivity index (χ0v) is 11.0. The second-order valence-corrected chi connectivity index (χ2v) is 5.32. The monoisotopic (exact) mass is 268 g/mol. The van der Waals surface area contributed by atoms with Crippen LogP contribution in [0.2, 0.25) is 0 Å². The molecule has 2 heterocycles. The molecule has 18 heavy (non-hydrogen) atoms. The lowest BCUT2D eigenvalue weighted by Gasteiger charge is -2.24. The number of hydrogen-bond acceptors (Lipinski definition) is 3. The molecule has 1 aromatic heterocycles. The normalized spacial score (nSPS) is 18.9. The van der Waals surface area contributed by atoms with Crippen LogP contribution < -0.4 is 0 Å². The van der Waals surface area contributed by atoms with Crippen LogP contribution in [-0.4, -0.2) is 47.0 Å². The summed E-state index contributed by atoms with van der Waals surface area (Å²) in [5.41, 5.74) is 1.10. The zero-order valence-electron chi connectivity index (χ0n) is 10.2. The Morgan fingerprint density at radius 3 is 2.94 bits per heavy atom. The molecule has 0 radical (unpaired) electrons. The Morgan fingerprint density at radius 1 is 1.61 bits per heavy atom. The number of thiophene rings is 1. The van der Waals surface area contributed by atoms with Crippen molar-refractivity contribution in [3.63, 3.8) is 0 Å². The number of carboxylic acid groups (broad SMARTS) is 1. The van der Waals surface area contributed by atoms with Gasteiger partial charge >= 0.3 is 12.0 Å². The molecular weight excluding hydrogens is 252 g/mol. The Morgan fingerprint density at radius 2 is 2.39 bits per heavy atom. The highest BCUT2D eigenvalue weighted by Crippen LogP contribution is 2.18. The number of nitrogens with zero attached hydrogens (tertiary/aromatic N) is 2. The van der Waals surface area contributed by atoms with Crippen molar-refractivity contribution in [1.29, 1.82) is 0 Å². The molecule has 1 saturated heterocycles. The number of carbonyl (C=O) groups excluding carboxylic acids is 1. The van der Waals surface area contributed by atoms with Gasteiger partial charge in [-0.2, -0.15) is 11.3 Å². The highest BCUT2D eigenvalue weighted by Gasteiger charge is 2.32. The van der Waals surface area contributed by atoms with E-state index in [1.54, 1.807) is 28.2 Å². The first-order valence-corrected chi connectivity index (χ1v) is 6.76. The van der Waals surface area contributed by atoms with Gasteiger partial charge in [0.2, 0.25) is 0 Å². The van der Waals surface area contributed by atoms with Gasteiger partial charge in [-0.05, 0) is 28.8 Å². The van der Waals surface area contributed by atoms with Crippen LogP contribution in [0.25, 0.3) is 0 Å². The van der Waals surface area contributed by atoms with Crippen LogP contribution in [0.3, 0.4) is 0 Å². The number of likely N-dealkylation sites (tertiary alicyclic amines) is 1. The van der Waals surface area contributed by atoms with Gasteiger partial charge < -0.3 is 14.9 Å². The average molecular weight is 268 g/mol. The highest BCUT2D eigenvalue weighted by molar-refractivity contribution is 7.07. The van der Waals surface area contributed by atoms with E-state index in [1.165, 1.54) is 0 Å². The summed E-state index contributed by atoms with van der Waals surface area (Å²) >= 11 is 1.60. The lowest BCUT2D eigenvalue weighted by molar-refractivity contribution is -0.141. The molecule has 0 bridgehead atoms. The molecule has 1 aliphatic heterocycles. The van der Waals surface area contributed by atoms with Gasteiger partial charge in [0.25, 0.3) is 0 Å². The summed E-state index contributed by atoms with van der Waals surface area (Å²) in [6, 6.07) is 1.89. The molecule has 0 spiro atoms. The number of carboxylic acids is 1. The van der Waals surface area contributed by atoms with Gasteiger partial charge in [0.05, 0.1) is 5.92 Å². The summed E-state index contributed by atoms with van der Waals surface area (Å²) in [7, 11) is 1.74. The molecular formula is C12H16N2O3S. The van der Waals surface area contributed by atoms with E-state index in [0.29, 0.717) is 26.1 Å². The standard InChI is InChI=1S/C12H16N2O3S/c1-13(6-9-3-5-18-8-9)12(17)14-4-2-10(7-14)11(15)16/h3,5,8,10H,2,4,6-7H2,1H3,(H,15,16). The van der Waals surface area contributed by atoms with Gasteiger partial charge in [-0.1, -0.05) is 0 Å². The average Bonchev–Trinajstić information content (AvgIpc) is 2.98. The van der Waals surface area contributed by atoms with Gasteiger partial charge in [-0.15, -0.1) is 0 Å². The molecule has 0 saturated carbocycles. The maximum Gasteiger partial charge on any atom is 0.320 e. The van der Waals surface area contributed by atoms with Crippen molar-refractivity contribution >= 4 is 23.3 Å². The summed E-state index contributed by atoms with van der Waals surface area (Å²) < 4.78 is 0. The molecule has 0 aromatic carbocycles. The Labute approximate surface area is 110 Å². The van der Waals surface area contributed by atoms with E-state index >= 15 is 0 Å². The fourth-order valence-electron chi connectivity index (χ4n) is 2.10. The first kappa shape index (κ1) is 12.9. The maximum atomic E-state index is 12.1. The molecule has 1 aliphatic rings. The quantitative estimate of drug-likeness (QED) is 0.907. The predicted molar refractivity (Wildman–Crippen MR) is 68.5 cm³/mol. The molecule has 1 unspecified atom stereocenters. The molecule has 1 aromatic rings. The van der Waals surface area contributed by atoms with Gasteiger partial charge in [0.15, 0.2) is 0 Å². The van der Waals surface area contributed by atoms with Crippen LogP contribution >= 0.6 is 11.3 Å². The summed E-state index contributed by atoms with van der Waals surface area (Å²) in [6.07, 6.45) is 0.549. The van der Waals surface area contributed by atoms with Crippen LogP contribution in [0.15, 0.2) is 16.8 Å². The summed E-state index contributed by atoms with van der Waals surface area (Å²) in [4.78, 5) is 26.2. The van der Waals surface area contributed by atoms with E-state index in [2.05, 4.69) is 0 Å². The van der Waals surface area contributed by atoms with Crippen molar-refractivity contribution in [2.75, 3.05) is 20.1 Å². The van der Waals surface area contributed by atoms with Crippen LogP contribution in [-0.2, 0) is 11.3 Å². The predicted octanol–water partition coefficient (Wildman–Crippen LogP) is 1.71. The number of rotatable bonds is 3. The van der Waals surface area contributed by atoms with Crippen LogP contribution in [0.4, 0.5) is 4.79 Å². The molecule has 98 valence electrons. The molecule has 6 heteroatoms. The number of amides is 2. The van der Waals surface area contributed by atoms with E-state index in [-0.39, 0.29) is 6.03 Å². The topological polar surface area (TPSA) is 60.9 Å². The number of hydrogen-bond donors (Lipinski definition) is 1. The minimum atomic E-state index is -0.814. The fourth-order valence-corrected chi connectivity index (χ4v) is 2.76. The first-order chi connectivity index (χ1) is 8.58. The number of urea groups is 1. The van der Waals surface area contributed by atoms with Crippen molar-refractivity contribution in [2.24, 2.45) is 5.92 Å². The van der Waals surface area contributed by atoms with Gasteiger partial charge in [0.1, 0.15) is 0 Å². The van der Waals surface area contributed by atoms with E-state index in [1.807, 2.05) is 16.8 Å². The van der Waals surface area contributed by atoms with E-state index in [0.717, 1.165) is 5.56 Å². The third-order valence-electron chi connectivity index (χ3n) is 3.13. The third-order valence-corrected chi connectivity index (χ3v) is 3.87. The van der Waals surface area contributed by atoms with Crippen LogP contribution in [0.1, 0.15) is 12.0 Å². The van der Waals surface area contributed by atoms with Gasteiger partial charge in [0, 0.05) is 26.7 Å². The third kappa shape index (κ3) is 2.81. The molecule has 2 amide bonds. The summed E-state index contributed by atoms with van der Waals surface area (Å²) in [5.74, 6) is -1.23. The van der Waals surface area contributed by atoms with E-state index < -0.39 is 11.9 Å². The summed E-state index contributed by atoms with van der Waals surface area (Å²) in [6.45, 7) is 1.42. The second-order valence-electron chi connectivity index (χ2n) is 4.54. The lowest BCUT2D eigenvalue weighted by Crippen LogP contribution is -2.39. The minimum absolute atomic E-state index is 0.0926. The first-order valence-electron chi connectivity index (χ1n) is 5.82. The van der Waals surface area contributed by atoms with E-state index in [9.17, 15) is 9.59 Å². The Hall–Kier alpha value is -1.56. The van der Waals surface area contributed by atoms with Crippen molar-refractivity contribution in [3.8, 4) is 0 Å². The maximum absolute atomic E-state index is 12.1. The molecule has 1 atom stereocenters. The largest absolute Gasteiger partial charge is 0.481 e. The molecule has 1 N–H and O–H groups in total. The lowest BCUT2D eigenvalue weighted by atomic mass is 10.1. The van der Waals surface area contributed by atoms with Gasteiger partial charge in [-0.3, -0.25) is 4.79 Å². The van der Waals surface area contributed by atoms with Crippen LogP contribution in [0, 0.1) is 5.92 Å². The number of carbonyl (C=O) groups is 2. The Kier molecular flexibility index (Phi) is 3.86. The smallest absolute Gasteiger partial charge is 0.320 e. The molecule has 0 aliphatic carbocycles. The second kappa shape index (κ2) is 5.39. The highest BCUT2D eigenvalue weighted by atomic mass is 32.1. The summed E-state index contributed by atoms with van der Waals surface area (Å²) in [5, 5.41) is 12.9. The SMILES string of the molecule is CN(Cc1ccsc1)C(=O)N1CCC(C(=O)O)C1. The number of aliphatic carboxylic acids is 1. The van der Waals surface area contributed by atoms with Crippen molar-refractivity contribution < 1.29 is 14.7 Å². The molecule has 1 fully saturated rings. The van der Waals surface area contributed by atoms with Crippen LogP contribution in [0.5, 0.6) is 0 Å². The van der Waals surface area contributed by atoms with Crippen molar-refractivity contribution in [1.82, 2.24) is 9.80 Å². The van der Waals surface area contributed by atoms with Crippen molar-refractivity contribution in [2.45, 2.75) is 13.0 Å². The van der Waals surface area contributed by atoms with Gasteiger partial charge in [-0.25, -0.2) is 4.79 Å². The zero-order chi connectivity index (χ0) is 13.1. The Balaban J connectivity index is 1.90. The molecule has 2 rings (SSSR count). The minimum Gasteiger partial charge on any atom is -0.481 e. The van der Waals surface area contributed by atoms with E-state index in [4.69, 9.17) is 5.11 Å². The van der Waals surface area contributed by atoms with Crippen molar-refractivity contribution in [3.05, 3.63) is 22.4 Å².